The van der Waals surface area contributed by atoms with Gasteiger partial charge in [-0.15, -0.1) is 10.2 Å². The highest BCUT2D eigenvalue weighted by atomic mass is 35.5. The molecule has 1 aliphatic carbocycles. The molecule has 1 aliphatic rings. The van der Waals surface area contributed by atoms with E-state index in [9.17, 15) is 14.7 Å². The molecular weight excluding hydrogens is 460 g/mol. The maximum absolute atomic E-state index is 13.4. The van der Waals surface area contributed by atoms with Crippen molar-refractivity contribution in [3.05, 3.63) is 52.7 Å². The fourth-order valence-electron chi connectivity index (χ4n) is 4.15. The zero-order valence-corrected chi connectivity index (χ0v) is 19.6. The van der Waals surface area contributed by atoms with Gasteiger partial charge in [-0.05, 0) is 54.8 Å². The van der Waals surface area contributed by atoms with E-state index >= 15 is 0 Å². The van der Waals surface area contributed by atoms with Crippen LogP contribution in [0, 0.1) is 6.92 Å². The van der Waals surface area contributed by atoms with E-state index in [-0.39, 0.29) is 37.5 Å². The molecule has 4 rings (SSSR count). The van der Waals surface area contributed by atoms with Crippen molar-refractivity contribution in [1.29, 1.82) is 0 Å². The van der Waals surface area contributed by atoms with Crippen molar-refractivity contribution in [2.24, 2.45) is 0 Å². The first-order chi connectivity index (χ1) is 16.4. The lowest BCUT2D eigenvalue weighted by molar-refractivity contribution is -0.142. The third-order valence-electron chi connectivity index (χ3n) is 5.80. The molecule has 2 aromatic heterocycles. The van der Waals surface area contributed by atoms with Gasteiger partial charge in [-0.1, -0.05) is 36.6 Å². The Morgan fingerprint density at radius 3 is 2.62 bits per heavy atom. The molecule has 0 bridgehead atoms. The normalized spacial score (nSPS) is 14.8. The molecule has 2 amide bonds. The number of nitrogens with zero attached hydrogens (tertiary/aromatic N) is 5. The standard InChI is InChI=1S/C23H27ClN6O4/c1-15-6-11-19(34-15)22-26-28-30(27-22)14-20(32)29(12-13-31)21(16-7-9-17(24)10-8-16)23(33)25-18-4-2-3-5-18/h6-11,18,21,31H,2-5,12-14H2,1H3,(H,25,33)/t21-/m1/s1. The Bertz CT molecular complexity index is 1120. The monoisotopic (exact) mass is 486 g/mol. The summed E-state index contributed by atoms with van der Waals surface area (Å²) < 4.78 is 5.50. The molecule has 10 nitrogen and oxygen atoms in total. The first kappa shape index (κ1) is 23.9. The van der Waals surface area contributed by atoms with Gasteiger partial charge in [0.1, 0.15) is 18.3 Å². The number of aliphatic hydroxyl groups is 1. The Labute approximate surface area is 201 Å². The van der Waals surface area contributed by atoms with Gasteiger partial charge in [0.25, 0.3) is 0 Å². The molecule has 180 valence electrons. The number of aliphatic hydroxyl groups excluding tert-OH is 1. The van der Waals surface area contributed by atoms with Crippen LogP contribution in [-0.4, -0.2) is 61.2 Å². The molecule has 0 unspecified atom stereocenters. The van der Waals surface area contributed by atoms with Crippen LogP contribution in [0.3, 0.4) is 0 Å². The fraction of sp³-hybridized carbons (Fsp3) is 0.435. The second kappa shape index (κ2) is 10.8. The average molecular weight is 487 g/mol. The smallest absolute Gasteiger partial charge is 0.247 e. The number of furan rings is 1. The molecule has 1 aromatic carbocycles. The third kappa shape index (κ3) is 5.63. The van der Waals surface area contributed by atoms with E-state index in [4.69, 9.17) is 16.0 Å². The van der Waals surface area contributed by atoms with Gasteiger partial charge in [0.2, 0.25) is 17.6 Å². The highest BCUT2D eigenvalue weighted by Gasteiger charge is 2.33. The SMILES string of the molecule is Cc1ccc(-c2nnn(CC(=O)N(CCO)[C@@H](C(=O)NC3CCCC3)c3ccc(Cl)cc3)n2)o1. The minimum Gasteiger partial charge on any atom is -0.458 e. The summed E-state index contributed by atoms with van der Waals surface area (Å²) in [5.74, 6) is 0.668. The van der Waals surface area contributed by atoms with Gasteiger partial charge in [-0.2, -0.15) is 4.80 Å². The van der Waals surface area contributed by atoms with Gasteiger partial charge in [0, 0.05) is 17.6 Å². The molecule has 34 heavy (non-hydrogen) atoms. The molecule has 0 radical (unpaired) electrons. The van der Waals surface area contributed by atoms with E-state index in [2.05, 4.69) is 20.7 Å². The fourth-order valence-corrected chi connectivity index (χ4v) is 4.28. The van der Waals surface area contributed by atoms with E-state index < -0.39 is 11.9 Å². The largest absolute Gasteiger partial charge is 0.458 e. The number of carbonyl (C=O) groups excluding carboxylic acids is 2. The Kier molecular flexibility index (Phi) is 7.59. The Balaban J connectivity index is 1.57. The second-order valence-corrected chi connectivity index (χ2v) is 8.74. The van der Waals surface area contributed by atoms with E-state index in [0.29, 0.717) is 22.1 Å². The summed E-state index contributed by atoms with van der Waals surface area (Å²) in [4.78, 5) is 29.2. The number of carbonyl (C=O) groups is 2. The highest BCUT2D eigenvalue weighted by Crippen LogP contribution is 2.26. The van der Waals surface area contributed by atoms with Crippen molar-refractivity contribution < 1.29 is 19.1 Å². The topological polar surface area (TPSA) is 126 Å². The van der Waals surface area contributed by atoms with Crippen LogP contribution in [0.2, 0.25) is 5.02 Å². The Morgan fingerprint density at radius 2 is 1.97 bits per heavy atom. The summed E-state index contributed by atoms with van der Waals surface area (Å²) in [5.41, 5.74) is 0.597. The molecule has 0 saturated heterocycles. The Morgan fingerprint density at radius 1 is 1.24 bits per heavy atom. The molecule has 11 heteroatoms. The second-order valence-electron chi connectivity index (χ2n) is 8.31. The predicted octanol–water partition coefficient (Wildman–Crippen LogP) is 2.52. The number of amides is 2. The number of benzene rings is 1. The zero-order chi connectivity index (χ0) is 24.1. The van der Waals surface area contributed by atoms with Crippen LogP contribution in [0.5, 0.6) is 0 Å². The molecule has 3 aromatic rings. The van der Waals surface area contributed by atoms with Crippen LogP contribution in [0.25, 0.3) is 11.6 Å². The lowest BCUT2D eigenvalue weighted by Gasteiger charge is -2.31. The first-order valence-electron chi connectivity index (χ1n) is 11.3. The maximum atomic E-state index is 13.4. The number of nitrogens with one attached hydrogen (secondary N) is 1. The summed E-state index contributed by atoms with van der Waals surface area (Å²) >= 11 is 6.04. The van der Waals surface area contributed by atoms with Crippen molar-refractivity contribution in [2.75, 3.05) is 13.2 Å². The third-order valence-corrected chi connectivity index (χ3v) is 6.05. The van der Waals surface area contributed by atoms with Crippen LogP contribution in [0.4, 0.5) is 0 Å². The van der Waals surface area contributed by atoms with Gasteiger partial charge >= 0.3 is 0 Å². The number of hydrogen-bond acceptors (Lipinski definition) is 7. The van der Waals surface area contributed by atoms with E-state index in [1.165, 1.54) is 4.90 Å². The summed E-state index contributed by atoms with van der Waals surface area (Å²) in [6, 6.07) is 9.41. The summed E-state index contributed by atoms with van der Waals surface area (Å²) in [7, 11) is 0. The summed E-state index contributed by atoms with van der Waals surface area (Å²) in [5, 5.41) is 25.4. The number of halogens is 1. The molecule has 1 fully saturated rings. The number of hydrogen-bond donors (Lipinski definition) is 2. The van der Waals surface area contributed by atoms with Crippen molar-refractivity contribution in [2.45, 2.75) is 51.2 Å². The summed E-state index contributed by atoms with van der Waals surface area (Å²) in [6.07, 6.45) is 3.94. The van der Waals surface area contributed by atoms with Crippen LogP contribution >= 0.6 is 11.6 Å². The van der Waals surface area contributed by atoms with Crippen molar-refractivity contribution >= 4 is 23.4 Å². The molecule has 0 spiro atoms. The number of aryl methyl sites for hydroxylation is 1. The molecule has 2 heterocycles. The van der Waals surface area contributed by atoms with Gasteiger partial charge in [0.05, 0.1) is 6.61 Å². The quantitative estimate of drug-likeness (QED) is 0.475. The minimum absolute atomic E-state index is 0.0385. The number of aromatic nitrogens is 4. The first-order valence-corrected chi connectivity index (χ1v) is 11.6. The molecular formula is C23H27ClN6O4. The van der Waals surface area contributed by atoms with Crippen LogP contribution in [0.1, 0.15) is 43.0 Å². The Hall–Kier alpha value is -3.24. The van der Waals surface area contributed by atoms with E-state index in [0.717, 1.165) is 30.5 Å². The van der Waals surface area contributed by atoms with Crippen LogP contribution < -0.4 is 5.32 Å². The van der Waals surface area contributed by atoms with Gasteiger partial charge in [0.15, 0.2) is 5.76 Å². The van der Waals surface area contributed by atoms with E-state index in [1.54, 1.807) is 43.3 Å². The average Bonchev–Trinajstić information content (AvgIpc) is 3.57. The number of rotatable bonds is 9. The van der Waals surface area contributed by atoms with Crippen LogP contribution in [0.15, 0.2) is 40.8 Å². The highest BCUT2D eigenvalue weighted by molar-refractivity contribution is 6.30. The predicted molar refractivity (Wildman–Crippen MR) is 124 cm³/mol. The van der Waals surface area contributed by atoms with Crippen LogP contribution in [-0.2, 0) is 16.1 Å². The van der Waals surface area contributed by atoms with Crippen molar-refractivity contribution in [3.63, 3.8) is 0 Å². The zero-order valence-electron chi connectivity index (χ0n) is 18.9. The lowest BCUT2D eigenvalue weighted by atomic mass is 10.0. The number of tetrazole rings is 1. The maximum Gasteiger partial charge on any atom is 0.247 e. The van der Waals surface area contributed by atoms with Gasteiger partial charge in [-0.25, -0.2) is 0 Å². The minimum atomic E-state index is -0.937. The summed E-state index contributed by atoms with van der Waals surface area (Å²) in [6.45, 7) is 1.20. The molecule has 1 saturated carbocycles. The van der Waals surface area contributed by atoms with Crippen molar-refractivity contribution in [1.82, 2.24) is 30.4 Å². The van der Waals surface area contributed by atoms with Crippen molar-refractivity contribution in [3.8, 4) is 11.6 Å². The molecule has 2 N–H and O–H groups in total. The van der Waals surface area contributed by atoms with Gasteiger partial charge in [-0.3, -0.25) is 9.59 Å². The van der Waals surface area contributed by atoms with Gasteiger partial charge < -0.3 is 19.7 Å². The molecule has 0 aliphatic heterocycles. The lowest BCUT2D eigenvalue weighted by Crippen LogP contribution is -2.48. The molecule has 1 atom stereocenters. The van der Waals surface area contributed by atoms with E-state index in [1.807, 2.05) is 0 Å².